The fourth-order valence-corrected chi connectivity index (χ4v) is 3.52. The standard InChI is InChI=1S/C21H18N4OS/c22-25-13-19(16-7-2-1-3-8-16)24-21(25)27-14-20(26)23-18-11-10-15-6-4-5-9-17(15)12-18/h1-13H,14,22H2,(H,23,26). The summed E-state index contributed by atoms with van der Waals surface area (Å²) in [5.74, 6) is 6.12. The van der Waals surface area contributed by atoms with E-state index in [9.17, 15) is 4.79 Å². The van der Waals surface area contributed by atoms with Gasteiger partial charge in [0.2, 0.25) is 5.91 Å². The van der Waals surface area contributed by atoms with Gasteiger partial charge in [-0.15, -0.1) is 0 Å². The highest BCUT2D eigenvalue weighted by molar-refractivity contribution is 7.99. The van der Waals surface area contributed by atoms with Crippen LogP contribution in [-0.2, 0) is 4.79 Å². The molecule has 1 heterocycles. The molecule has 0 saturated heterocycles. The van der Waals surface area contributed by atoms with Crippen molar-refractivity contribution in [3.8, 4) is 11.3 Å². The largest absolute Gasteiger partial charge is 0.337 e. The Labute approximate surface area is 161 Å². The molecule has 1 aromatic heterocycles. The van der Waals surface area contributed by atoms with Crippen molar-refractivity contribution >= 4 is 34.1 Å². The number of thioether (sulfide) groups is 1. The Morgan fingerprint density at radius 1 is 1.00 bits per heavy atom. The van der Waals surface area contributed by atoms with Crippen LogP contribution in [-0.4, -0.2) is 21.3 Å². The Morgan fingerprint density at radius 2 is 1.74 bits per heavy atom. The number of imidazole rings is 1. The minimum absolute atomic E-state index is 0.0976. The zero-order valence-electron chi connectivity index (χ0n) is 14.5. The molecule has 6 heteroatoms. The summed E-state index contributed by atoms with van der Waals surface area (Å²) in [5, 5.41) is 5.76. The summed E-state index contributed by atoms with van der Waals surface area (Å²) in [6.45, 7) is 0. The zero-order chi connectivity index (χ0) is 18.6. The minimum Gasteiger partial charge on any atom is -0.337 e. The number of amides is 1. The third-order valence-electron chi connectivity index (χ3n) is 4.13. The van der Waals surface area contributed by atoms with Crippen LogP contribution in [0.4, 0.5) is 5.69 Å². The molecule has 3 aromatic carbocycles. The number of carbonyl (C=O) groups excluding carboxylic acids is 1. The molecule has 3 N–H and O–H groups in total. The van der Waals surface area contributed by atoms with E-state index in [2.05, 4.69) is 10.3 Å². The lowest BCUT2D eigenvalue weighted by Crippen LogP contribution is -2.15. The molecule has 0 spiro atoms. The summed E-state index contributed by atoms with van der Waals surface area (Å²) in [5.41, 5.74) is 2.56. The van der Waals surface area contributed by atoms with E-state index in [0.29, 0.717) is 5.16 Å². The SMILES string of the molecule is Nn1cc(-c2ccccc2)nc1SCC(=O)Nc1ccc2ccccc2c1. The van der Waals surface area contributed by atoms with Crippen molar-refractivity contribution in [2.45, 2.75) is 5.16 Å². The first-order chi connectivity index (χ1) is 13.2. The number of anilines is 1. The van der Waals surface area contributed by atoms with E-state index in [4.69, 9.17) is 5.84 Å². The van der Waals surface area contributed by atoms with Gasteiger partial charge in [0.05, 0.1) is 17.6 Å². The highest BCUT2D eigenvalue weighted by atomic mass is 32.2. The monoisotopic (exact) mass is 374 g/mol. The Balaban J connectivity index is 1.41. The van der Waals surface area contributed by atoms with E-state index in [1.54, 1.807) is 6.20 Å². The first kappa shape index (κ1) is 17.2. The van der Waals surface area contributed by atoms with Gasteiger partial charge in [0.15, 0.2) is 5.16 Å². The molecule has 5 nitrogen and oxygen atoms in total. The quantitative estimate of drug-likeness (QED) is 0.407. The van der Waals surface area contributed by atoms with Gasteiger partial charge in [0.25, 0.3) is 0 Å². The molecule has 0 fully saturated rings. The van der Waals surface area contributed by atoms with Crippen molar-refractivity contribution in [1.29, 1.82) is 0 Å². The normalized spacial score (nSPS) is 10.8. The fraction of sp³-hybridized carbons (Fsp3) is 0.0476. The summed E-state index contributed by atoms with van der Waals surface area (Å²) in [6.07, 6.45) is 1.76. The van der Waals surface area contributed by atoms with Crippen LogP contribution in [0.15, 0.2) is 84.1 Å². The van der Waals surface area contributed by atoms with Crippen LogP contribution in [0.5, 0.6) is 0 Å². The second-order valence-electron chi connectivity index (χ2n) is 6.08. The summed E-state index contributed by atoms with van der Waals surface area (Å²) < 4.78 is 1.45. The molecule has 4 rings (SSSR count). The number of rotatable bonds is 5. The van der Waals surface area contributed by atoms with Crippen LogP contribution >= 0.6 is 11.8 Å². The number of aromatic nitrogens is 2. The summed E-state index contributed by atoms with van der Waals surface area (Å²) in [7, 11) is 0. The van der Waals surface area contributed by atoms with Gasteiger partial charge in [0.1, 0.15) is 0 Å². The van der Waals surface area contributed by atoms with Gasteiger partial charge in [-0.1, -0.05) is 72.4 Å². The predicted octanol–water partition coefficient (Wildman–Crippen LogP) is 4.15. The number of nitrogens with zero attached hydrogens (tertiary/aromatic N) is 2. The van der Waals surface area contributed by atoms with Gasteiger partial charge in [-0.05, 0) is 22.9 Å². The Bertz CT molecular complexity index is 1090. The molecule has 0 aliphatic carbocycles. The summed E-state index contributed by atoms with van der Waals surface area (Å²) >= 11 is 1.31. The van der Waals surface area contributed by atoms with E-state index in [0.717, 1.165) is 27.7 Å². The lowest BCUT2D eigenvalue weighted by molar-refractivity contribution is -0.113. The number of carbonyl (C=O) groups is 1. The van der Waals surface area contributed by atoms with Gasteiger partial charge in [-0.25, -0.2) is 9.66 Å². The van der Waals surface area contributed by atoms with Gasteiger partial charge >= 0.3 is 0 Å². The molecule has 0 unspecified atom stereocenters. The van der Waals surface area contributed by atoms with Crippen LogP contribution in [0.25, 0.3) is 22.0 Å². The van der Waals surface area contributed by atoms with Crippen molar-refractivity contribution < 1.29 is 4.79 Å². The lowest BCUT2D eigenvalue weighted by atomic mass is 10.1. The van der Waals surface area contributed by atoms with Crippen LogP contribution in [0, 0.1) is 0 Å². The molecule has 0 aliphatic rings. The topological polar surface area (TPSA) is 72.9 Å². The lowest BCUT2D eigenvalue weighted by Gasteiger charge is -2.06. The van der Waals surface area contributed by atoms with Crippen molar-refractivity contribution in [1.82, 2.24) is 9.66 Å². The molecule has 0 atom stereocenters. The molecule has 27 heavy (non-hydrogen) atoms. The van der Waals surface area contributed by atoms with Crippen LogP contribution in [0.1, 0.15) is 0 Å². The van der Waals surface area contributed by atoms with Gasteiger partial charge in [0, 0.05) is 11.3 Å². The van der Waals surface area contributed by atoms with E-state index < -0.39 is 0 Å². The molecule has 0 bridgehead atoms. The van der Waals surface area contributed by atoms with Crippen LogP contribution < -0.4 is 11.2 Å². The molecular formula is C21H18N4OS. The molecule has 4 aromatic rings. The first-order valence-electron chi connectivity index (χ1n) is 8.50. The number of fused-ring (bicyclic) bond motifs is 1. The van der Waals surface area contributed by atoms with E-state index >= 15 is 0 Å². The zero-order valence-corrected chi connectivity index (χ0v) is 15.3. The molecule has 0 aliphatic heterocycles. The molecule has 134 valence electrons. The van der Waals surface area contributed by atoms with Gasteiger partial charge < -0.3 is 11.2 Å². The summed E-state index contributed by atoms with van der Waals surface area (Å²) in [4.78, 5) is 16.8. The number of nitrogen functional groups attached to an aromatic ring is 1. The molecule has 0 radical (unpaired) electrons. The Hall–Kier alpha value is -3.25. The van der Waals surface area contributed by atoms with E-state index in [1.165, 1.54) is 16.4 Å². The maximum absolute atomic E-state index is 12.3. The number of hydrogen-bond acceptors (Lipinski definition) is 4. The number of nitrogens with two attached hydrogens (primary N) is 1. The van der Waals surface area contributed by atoms with Crippen molar-refractivity contribution in [2.75, 3.05) is 16.9 Å². The fourth-order valence-electron chi connectivity index (χ4n) is 2.83. The van der Waals surface area contributed by atoms with Gasteiger partial charge in [-0.2, -0.15) is 0 Å². The maximum Gasteiger partial charge on any atom is 0.234 e. The van der Waals surface area contributed by atoms with E-state index in [1.807, 2.05) is 72.8 Å². The second-order valence-corrected chi connectivity index (χ2v) is 7.02. The van der Waals surface area contributed by atoms with Crippen molar-refractivity contribution in [3.05, 3.63) is 79.0 Å². The highest BCUT2D eigenvalue weighted by Crippen LogP contribution is 2.23. The smallest absolute Gasteiger partial charge is 0.234 e. The Morgan fingerprint density at radius 3 is 2.56 bits per heavy atom. The van der Waals surface area contributed by atoms with Crippen molar-refractivity contribution in [2.24, 2.45) is 0 Å². The number of benzene rings is 3. The Kier molecular flexibility index (Phi) is 4.80. The molecule has 1 amide bonds. The third-order valence-corrected chi connectivity index (χ3v) is 5.10. The van der Waals surface area contributed by atoms with Crippen molar-refractivity contribution in [3.63, 3.8) is 0 Å². The predicted molar refractivity (Wildman–Crippen MR) is 111 cm³/mol. The second kappa shape index (κ2) is 7.55. The van der Waals surface area contributed by atoms with Crippen LogP contribution in [0.3, 0.4) is 0 Å². The summed E-state index contributed by atoms with van der Waals surface area (Å²) in [6, 6.07) is 23.7. The average molecular weight is 374 g/mol. The number of hydrogen-bond donors (Lipinski definition) is 2. The first-order valence-corrected chi connectivity index (χ1v) is 9.49. The highest BCUT2D eigenvalue weighted by Gasteiger charge is 2.11. The molecular weight excluding hydrogens is 356 g/mol. The average Bonchev–Trinajstić information content (AvgIpc) is 3.08. The maximum atomic E-state index is 12.3. The number of nitrogens with one attached hydrogen (secondary N) is 1. The molecule has 0 saturated carbocycles. The van der Waals surface area contributed by atoms with Crippen LogP contribution in [0.2, 0.25) is 0 Å². The minimum atomic E-state index is -0.0976. The van der Waals surface area contributed by atoms with Gasteiger partial charge in [-0.3, -0.25) is 4.79 Å². The van der Waals surface area contributed by atoms with E-state index in [-0.39, 0.29) is 11.7 Å². The third kappa shape index (κ3) is 3.96.